The number of rotatable bonds is 6. The fourth-order valence-corrected chi connectivity index (χ4v) is 2.35. The lowest BCUT2D eigenvalue weighted by atomic mass is 9.79. The maximum absolute atomic E-state index is 12.3. The molecule has 5 heteroatoms. The second-order valence-electron chi connectivity index (χ2n) is 4.96. The maximum atomic E-state index is 12.3. The van der Waals surface area contributed by atoms with Crippen LogP contribution in [0.15, 0.2) is 0 Å². The van der Waals surface area contributed by atoms with Gasteiger partial charge in [0.25, 0.3) is 0 Å². The van der Waals surface area contributed by atoms with Gasteiger partial charge >= 0.3 is 0 Å². The van der Waals surface area contributed by atoms with Gasteiger partial charge in [0.2, 0.25) is 5.91 Å². The van der Waals surface area contributed by atoms with Crippen LogP contribution in [-0.4, -0.2) is 31.7 Å². The Balaban J connectivity index is 0.00000289. The van der Waals surface area contributed by atoms with Crippen molar-refractivity contribution in [3.05, 3.63) is 0 Å². The molecule has 1 heterocycles. The molecule has 0 aromatic carbocycles. The molecule has 1 rings (SSSR count). The number of nitrogens with one attached hydrogen (secondary N) is 1. The molecule has 0 bridgehead atoms. The molecule has 1 fully saturated rings. The number of ether oxygens (including phenoxy) is 1. The molecule has 1 aliphatic heterocycles. The van der Waals surface area contributed by atoms with Gasteiger partial charge in [-0.1, -0.05) is 20.3 Å². The van der Waals surface area contributed by atoms with Crippen LogP contribution in [0.3, 0.4) is 0 Å². The molecule has 0 radical (unpaired) electrons. The average molecular weight is 279 g/mol. The zero-order valence-electron chi connectivity index (χ0n) is 11.5. The number of carbonyl (C=O) groups is 1. The van der Waals surface area contributed by atoms with Gasteiger partial charge < -0.3 is 15.8 Å². The Kier molecular flexibility index (Phi) is 8.57. The summed E-state index contributed by atoms with van der Waals surface area (Å²) in [5.74, 6) is 0.128. The predicted molar refractivity (Wildman–Crippen MR) is 75.9 cm³/mol. The molecule has 0 aromatic heterocycles. The molecule has 108 valence electrons. The standard InChI is InChI=1S/C13H26N2O2.ClH/c1-3-5-11(4-2)15-12(16)13(10-14)6-8-17-9-7-13;/h11H,3-10,14H2,1-2H3,(H,15,16);1H. The fraction of sp³-hybridized carbons (Fsp3) is 0.923. The van der Waals surface area contributed by atoms with Gasteiger partial charge in [-0.05, 0) is 25.7 Å². The van der Waals surface area contributed by atoms with Crippen molar-refractivity contribution in [2.24, 2.45) is 11.1 Å². The summed E-state index contributed by atoms with van der Waals surface area (Å²) in [5, 5.41) is 3.15. The van der Waals surface area contributed by atoms with Gasteiger partial charge in [0.1, 0.15) is 0 Å². The molecule has 1 aliphatic rings. The third kappa shape index (κ3) is 4.41. The van der Waals surface area contributed by atoms with Gasteiger partial charge in [0, 0.05) is 25.8 Å². The lowest BCUT2D eigenvalue weighted by molar-refractivity contribution is -0.136. The second kappa shape index (κ2) is 8.73. The lowest BCUT2D eigenvalue weighted by Gasteiger charge is -2.35. The quantitative estimate of drug-likeness (QED) is 0.779. The summed E-state index contributed by atoms with van der Waals surface area (Å²) in [6.07, 6.45) is 4.61. The molecule has 0 aromatic rings. The van der Waals surface area contributed by atoms with E-state index in [1.807, 2.05) is 0 Å². The highest BCUT2D eigenvalue weighted by molar-refractivity contribution is 5.85. The molecule has 0 saturated carbocycles. The van der Waals surface area contributed by atoms with Gasteiger partial charge in [0.15, 0.2) is 0 Å². The first-order valence-electron chi connectivity index (χ1n) is 6.77. The molecule has 4 nitrogen and oxygen atoms in total. The zero-order chi connectivity index (χ0) is 12.7. The Morgan fingerprint density at radius 1 is 1.39 bits per heavy atom. The van der Waals surface area contributed by atoms with Crippen molar-refractivity contribution >= 4 is 18.3 Å². The zero-order valence-corrected chi connectivity index (χ0v) is 12.4. The van der Waals surface area contributed by atoms with Crippen LogP contribution < -0.4 is 11.1 Å². The molecular weight excluding hydrogens is 252 g/mol. The van der Waals surface area contributed by atoms with Gasteiger partial charge in [-0.25, -0.2) is 0 Å². The monoisotopic (exact) mass is 278 g/mol. The third-order valence-corrected chi connectivity index (χ3v) is 3.79. The normalized spacial score (nSPS) is 19.7. The summed E-state index contributed by atoms with van der Waals surface area (Å²) in [5.41, 5.74) is 5.42. The summed E-state index contributed by atoms with van der Waals surface area (Å²) >= 11 is 0. The van der Waals surface area contributed by atoms with Crippen molar-refractivity contribution in [1.29, 1.82) is 0 Å². The SMILES string of the molecule is CCCC(CC)NC(=O)C1(CN)CCOCC1.Cl. The van der Waals surface area contributed by atoms with Crippen LogP contribution in [0.2, 0.25) is 0 Å². The van der Waals surface area contributed by atoms with Crippen LogP contribution in [0, 0.1) is 5.41 Å². The van der Waals surface area contributed by atoms with Crippen LogP contribution >= 0.6 is 12.4 Å². The average Bonchev–Trinajstić information content (AvgIpc) is 2.38. The van der Waals surface area contributed by atoms with Gasteiger partial charge in [-0.2, -0.15) is 0 Å². The first kappa shape index (κ1) is 17.7. The minimum absolute atomic E-state index is 0. The number of nitrogens with two attached hydrogens (primary N) is 1. The predicted octanol–water partition coefficient (Wildman–Crippen LogP) is 1.86. The largest absolute Gasteiger partial charge is 0.381 e. The van der Waals surface area contributed by atoms with Crippen molar-refractivity contribution in [2.45, 2.75) is 52.0 Å². The van der Waals surface area contributed by atoms with Gasteiger partial charge in [0.05, 0.1) is 5.41 Å². The van der Waals surface area contributed by atoms with E-state index in [0.29, 0.717) is 25.8 Å². The molecule has 0 aliphatic carbocycles. The highest BCUT2D eigenvalue weighted by Gasteiger charge is 2.39. The second-order valence-corrected chi connectivity index (χ2v) is 4.96. The minimum Gasteiger partial charge on any atom is -0.381 e. The molecule has 18 heavy (non-hydrogen) atoms. The summed E-state index contributed by atoms with van der Waals surface area (Å²) in [7, 11) is 0. The van der Waals surface area contributed by atoms with Crippen LogP contribution in [0.5, 0.6) is 0 Å². The summed E-state index contributed by atoms with van der Waals surface area (Å²) in [4.78, 5) is 12.3. The molecule has 1 unspecified atom stereocenters. The molecule has 0 spiro atoms. The molecule has 3 N–H and O–H groups in total. The van der Waals surface area contributed by atoms with E-state index in [1.54, 1.807) is 0 Å². The molecule has 1 atom stereocenters. The van der Waals surface area contributed by atoms with E-state index >= 15 is 0 Å². The minimum atomic E-state index is -0.389. The fourth-order valence-electron chi connectivity index (χ4n) is 2.35. The van der Waals surface area contributed by atoms with Crippen LogP contribution in [0.25, 0.3) is 0 Å². The first-order valence-corrected chi connectivity index (χ1v) is 6.77. The summed E-state index contributed by atoms with van der Waals surface area (Å²) in [6, 6.07) is 0.291. The van der Waals surface area contributed by atoms with E-state index in [-0.39, 0.29) is 23.7 Å². The number of amides is 1. The van der Waals surface area contributed by atoms with Crippen LogP contribution in [-0.2, 0) is 9.53 Å². The molecule has 1 saturated heterocycles. The van der Waals surface area contributed by atoms with Crippen molar-refractivity contribution in [3.8, 4) is 0 Å². The molecule has 1 amide bonds. The highest BCUT2D eigenvalue weighted by atomic mass is 35.5. The lowest BCUT2D eigenvalue weighted by Crippen LogP contribution is -2.51. The Bertz CT molecular complexity index is 243. The smallest absolute Gasteiger partial charge is 0.227 e. The van der Waals surface area contributed by atoms with E-state index in [4.69, 9.17) is 10.5 Å². The van der Waals surface area contributed by atoms with E-state index in [9.17, 15) is 4.79 Å². The highest BCUT2D eigenvalue weighted by Crippen LogP contribution is 2.29. The summed E-state index contributed by atoms with van der Waals surface area (Å²) in [6.45, 7) is 5.97. The van der Waals surface area contributed by atoms with Crippen LogP contribution in [0.4, 0.5) is 0 Å². The topological polar surface area (TPSA) is 64.4 Å². The number of hydrogen-bond acceptors (Lipinski definition) is 3. The Hall–Kier alpha value is -0.320. The van der Waals surface area contributed by atoms with Crippen molar-refractivity contribution in [3.63, 3.8) is 0 Å². The van der Waals surface area contributed by atoms with Crippen molar-refractivity contribution < 1.29 is 9.53 Å². The van der Waals surface area contributed by atoms with Gasteiger partial charge in [-0.15, -0.1) is 12.4 Å². The number of halogens is 1. The Labute approximate surface area is 116 Å². The number of carbonyl (C=O) groups excluding carboxylic acids is 1. The third-order valence-electron chi connectivity index (χ3n) is 3.79. The van der Waals surface area contributed by atoms with Gasteiger partial charge in [-0.3, -0.25) is 4.79 Å². The van der Waals surface area contributed by atoms with E-state index in [2.05, 4.69) is 19.2 Å². The van der Waals surface area contributed by atoms with Crippen molar-refractivity contribution in [1.82, 2.24) is 5.32 Å². The van der Waals surface area contributed by atoms with E-state index in [1.165, 1.54) is 0 Å². The maximum Gasteiger partial charge on any atom is 0.227 e. The Morgan fingerprint density at radius 3 is 2.44 bits per heavy atom. The van der Waals surface area contributed by atoms with E-state index in [0.717, 1.165) is 32.1 Å². The Morgan fingerprint density at radius 2 is 2.00 bits per heavy atom. The number of hydrogen-bond donors (Lipinski definition) is 2. The summed E-state index contributed by atoms with van der Waals surface area (Å²) < 4.78 is 5.32. The molecular formula is C13H27ClN2O2. The van der Waals surface area contributed by atoms with Crippen LogP contribution in [0.1, 0.15) is 46.0 Å². The van der Waals surface area contributed by atoms with Crippen molar-refractivity contribution in [2.75, 3.05) is 19.8 Å². The first-order chi connectivity index (χ1) is 8.18. The van der Waals surface area contributed by atoms with E-state index < -0.39 is 0 Å².